The van der Waals surface area contributed by atoms with Crippen molar-refractivity contribution in [1.29, 1.82) is 0 Å². The van der Waals surface area contributed by atoms with Gasteiger partial charge in [-0.25, -0.2) is 9.97 Å². The standard InChI is InChI=1S/C7H7ClN2/c1-2-3-6-4-5-9-7(8)10-6/h2,4-5H,1,3H2. The van der Waals surface area contributed by atoms with E-state index in [0.717, 1.165) is 12.1 Å². The van der Waals surface area contributed by atoms with Gasteiger partial charge in [-0.05, 0) is 17.7 Å². The second kappa shape index (κ2) is 3.32. The van der Waals surface area contributed by atoms with Gasteiger partial charge in [0.15, 0.2) is 0 Å². The Labute approximate surface area is 64.6 Å². The van der Waals surface area contributed by atoms with Crippen LogP contribution in [0.15, 0.2) is 24.9 Å². The summed E-state index contributed by atoms with van der Waals surface area (Å²) in [5.41, 5.74) is 0.898. The van der Waals surface area contributed by atoms with Crippen molar-refractivity contribution in [2.75, 3.05) is 0 Å². The summed E-state index contributed by atoms with van der Waals surface area (Å²) in [6, 6.07) is 1.81. The molecule has 0 atom stereocenters. The fraction of sp³-hybridized carbons (Fsp3) is 0.143. The fourth-order valence-corrected chi connectivity index (χ4v) is 0.796. The van der Waals surface area contributed by atoms with Gasteiger partial charge in [0.25, 0.3) is 0 Å². The normalized spacial score (nSPS) is 9.30. The number of hydrogen-bond acceptors (Lipinski definition) is 2. The molecule has 0 aliphatic heterocycles. The first-order valence-corrected chi connectivity index (χ1v) is 3.29. The third kappa shape index (κ3) is 1.81. The van der Waals surface area contributed by atoms with Crippen LogP contribution in [0.4, 0.5) is 0 Å². The summed E-state index contributed by atoms with van der Waals surface area (Å²) >= 11 is 5.52. The topological polar surface area (TPSA) is 25.8 Å². The lowest BCUT2D eigenvalue weighted by Crippen LogP contribution is -1.88. The minimum Gasteiger partial charge on any atom is -0.227 e. The summed E-state index contributed by atoms with van der Waals surface area (Å²) in [4.78, 5) is 7.69. The molecular formula is C7H7ClN2. The SMILES string of the molecule is C=CCc1ccnc(Cl)n1. The molecule has 0 N–H and O–H groups in total. The summed E-state index contributed by atoms with van der Waals surface area (Å²) in [5.74, 6) is 0. The fourth-order valence-electron chi connectivity index (χ4n) is 0.631. The second-order valence-corrected chi connectivity index (χ2v) is 2.15. The van der Waals surface area contributed by atoms with Crippen LogP contribution in [0.25, 0.3) is 0 Å². The van der Waals surface area contributed by atoms with Gasteiger partial charge in [-0.1, -0.05) is 6.08 Å². The van der Waals surface area contributed by atoms with Crippen LogP contribution >= 0.6 is 11.6 Å². The van der Waals surface area contributed by atoms with E-state index >= 15 is 0 Å². The number of aromatic nitrogens is 2. The number of rotatable bonds is 2. The predicted octanol–water partition coefficient (Wildman–Crippen LogP) is 1.86. The molecule has 0 saturated carbocycles. The Morgan fingerprint density at radius 3 is 3.10 bits per heavy atom. The Bertz CT molecular complexity index is 235. The molecule has 3 heteroatoms. The van der Waals surface area contributed by atoms with E-state index in [1.165, 1.54) is 0 Å². The average Bonchev–Trinajstić information content (AvgIpc) is 1.88. The average molecular weight is 155 g/mol. The minimum atomic E-state index is 0.291. The van der Waals surface area contributed by atoms with E-state index in [9.17, 15) is 0 Å². The second-order valence-electron chi connectivity index (χ2n) is 1.81. The number of allylic oxidation sites excluding steroid dienone is 1. The van der Waals surface area contributed by atoms with Crippen molar-refractivity contribution in [3.05, 3.63) is 35.9 Å². The van der Waals surface area contributed by atoms with Crippen molar-refractivity contribution in [3.63, 3.8) is 0 Å². The van der Waals surface area contributed by atoms with Crippen molar-refractivity contribution in [3.8, 4) is 0 Å². The molecule has 52 valence electrons. The quantitative estimate of drug-likeness (QED) is 0.480. The van der Waals surface area contributed by atoms with Crippen LogP contribution in [0.3, 0.4) is 0 Å². The Hall–Kier alpha value is -0.890. The molecular weight excluding hydrogens is 148 g/mol. The van der Waals surface area contributed by atoms with Gasteiger partial charge in [0.1, 0.15) is 0 Å². The maximum atomic E-state index is 5.52. The number of halogens is 1. The summed E-state index contributed by atoms with van der Waals surface area (Å²) in [6.07, 6.45) is 4.15. The smallest absolute Gasteiger partial charge is 0.222 e. The van der Waals surface area contributed by atoms with Gasteiger partial charge in [0.05, 0.1) is 0 Å². The monoisotopic (exact) mass is 154 g/mol. The van der Waals surface area contributed by atoms with Crippen LogP contribution in [-0.2, 0) is 6.42 Å². The molecule has 0 aromatic carbocycles. The highest BCUT2D eigenvalue weighted by atomic mass is 35.5. The Kier molecular flexibility index (Phi) is 2.40. The molecule has 1 aromatic heterocycles. The zero-order valence-corrected chi connectivity index (χ0v) is 6.17. The first-order valence-electron chi connectivity index (χ1n) is 2.91. The molecule has 1 aromatic rings. The van der Waals surface area contributed by atoms with E-state index in [-0.39, 0.29) is 0 Å². The van der Waals surface area contributed by atoms with Gasteiger partial charge < -0.3 is 0 Å². The lowest BCUT2D eigenvalue weighted by molar-refractivity contribution is 1.05. The number of nitrogens with zero attached hydrogens (tertiary/aromatic N) is 2. The van der Waals surface area contributed by atoms with E-state index in [1.54, 1.807) is 12.3 Å². The molecule has 0 bridgehead atoms. The van der Waals surface area contributed by atoms with E-state index < -0.39 is 0 Å². The van der Waals surface area contributed by atoms with Crippen LogP contribution in [0, 0.1) is 0 Å². The first-order chi connectivity index (χ1) is 4.83. The lowest BCUT2D eigenvalue weighted by atomic mass is 10.3. The predicted molar refractivity (Wildman–Crippen MR) is 40.9 cm³/mol. The third-order valence-electron chi connectivity index (χ3n) is 1.04. The molecule has 0 unspecified atom stereocenters. The maximum absolute atomic E-state index is 5.52. The van der Waals surface area contributed by atoms with Crippen molar-refractivity contribution in [2.45, 2.75) is 6.42 Å². The highest BCUT2D eigenvalue weighted by Crippen LogP contribution is 2.01. The summed E-state index contributed by atoms with van der Waals surface area (Å²) in [7, 11) is 0. The third-order valence-corrected chi connectivity index (χ3v) is 1.22. The molecule has 2 nitrogen and oxygen atoms in total. The molecule has 1 rings (SSSR count). The highest BCUT2D eigenvalue weighted by Gasteiger charge is 1.91. The molecule has 10 heavy (non-hydrogen) atoms. The minimum absolute atomic E-state index is 0.291. The summed E-state index contributed by atoms with van der Waals surface area (Å²) in [5, 5.41) is 0.291. The van der Waals surface area contributed by atoms with E-state index in [0.29, 0.717) is 5.28 Å². The van der Waals surface area contributed by atoms with E-state index in [4.69, 9.17) is 11.6 Å². The van der Waals surface area contributed by atoms with Crippen LogP contribution in [0.1, 0.15) is 5.69 Å². The molecule has 0 aliphatic carbocycles. The van der Waals surface area contributed by atoms with Gasteiger partial charge >= 0.3 is 0 Å². The summed E-state index contributed by atoms with van der Waals surface area (Å²) < 4.78 is 0. The van der Waals surface area contributed by atoms with Gasteiger partial charge in [0.2, 0.25) is 5.28 Å². The Morgan fingerprint density at radius 1 is 1.70 bits per heavy atom. The van der Waals surface area contributed by atoms with Gasteiger partial charge in [-0.15, -0.1) is 6.58 Å². The van der Waals surface area contributed by atoms with Crippen LogP contribution in [0.2, 0.25) is 5.28 Å². The largest absolute Gasteiger partial charge is 0.227 e. The van der Waals surface area contributed by atoms with Crippen LogP contribution in [-0.4, -0.2) is 9.97 Å². The summed E-state index contributed by atoms with van der Waals surface area (Å²) in [6.45, 7) is 3.58. The Morgan fingerprint density at radius 2 is 2.50 bits per heavy atom. The molecule has 0 aliphatic rings. The zero-order chi connectivity index (χ0) is 7.40. The molecule has 0 spiro atoms. The van der Waals surface area contributed by atoms with Crippen molar-refractivity contribution < 1.29 is 0 Å². The van der Waals surface area contributed by atoms with Crippen LogP contribution in [0.5, 0.6) is 0 Å². The van der Waals surface area contributed by atoms with E-state index in [2.05, 4.69) is 16.5 Å². The molecule has 0 radical (unpaired) electrons. The lowest BCUT2D eigenvalue weighted by Gasteiger charge is -1.92. The first kappa shape index (κ1) is 7.22. The zero-order valence-electron chi connectivity index (χ0n) is 5.42. The van der Waals surface area contributed by atoms with Gasteiger partial charge in [-0.2, -0.15) is 0 Å². The van der Waals surface area contributed by atoms with E-state index in [1.807, 2.05) is 6.07 Å². The molecule has 0 saturated heterocycles. The maximum Gasteiger partial charge on any atom is 0.222 e. The molecule has 0 fully saturated rings. The van der Waals surface area contributed by atoms with Crippen LogP contribution < -0.4 is 0 Å². The van der Waals surface area contributed by atoms with Gasteiger partial charge in [-0.3, -0.25) is 0 Å². The number of hydrogen-bond donors (Lipinski definition) is 0. The Balaban J connectivity index is 2.84. The van der Waals surface area contributed by atoms with Crippen molar-refractivity contribution in [2.24, 2.45) is 0 Å². The van der Waals surface area contributed by atoms with Gasteiger partial charge in [0, 0.05) is 18.3 Å². The molecule has 0 amide bonds. The molecule has 1 heterocycles. The van der Waals surface area contributed by atoms with Crippen molar-refractivity contribution in [1.82, 2.24) is 9.97 Å². The highest BCUT2D eigenvalue weighted by molar-refractivity contribution is 6.28. The van der Waals surface area contributed by atoms with Crippen molar-refractivity contribution >= 4 is 11.6 Å².